The van der Waals surface area contributed by atoms with Gasteiger partial charge in [-0.1, -0.05) is 82.8 Å². The molecule has 0 unspecified atom stereocenters. The molecule has 0 amide bonds. The van der Waals surface area contributed by atoms with Crippen molar-refractivity contribution in [3.05, 3.63) is 204 Å². The molecule has 3 N–H and O–H groups in total. The van der Waals surface area contributed by atoms with Crippen LogP contribution in [0.3, 0.4) is 0 Å². The van der Waals surface area contributed by atoms with Crippen molar-refractivity contribution >= 4 is 116 Å². The zero-order valence-electron chi connectivity index (χ0n) is 60.5. The second-order valence-electron chi connectivity index (χ2n) is 23.6. The number of aromatic hydroxyl groups is 3. The topological polar surface area (TPSA) is 354 Å². The van der Waals surface area contributed by atoms with Gasteiger partial charge in [-0.25, -0.2) is 27.2 Å². The van der Waals surface area contributed by atoms with E-state index in [-0.39, 0.29) is 151 Å². The predicted molar refractivity (Wildman–Crippen MR) is 400 cm³/mol. The van der Waals surface area contributed by atoms with Gasteiger partial charge in [0.05, 0.1) is 54.0 Å². The van der Waals surface area contributed by atoms with Crippen molar-refractivity contribution in [3.63, 3.8) is 0 Å². The van der Waals surface area contributed by atoms with Gasteiger partial charge in [0, 0.05) is 57.8 Å². The van der Waals surface area contributed by atoms with Crippen molar-refractivity contribution < 1.29 is 137 Å². The van der Waals surface area contributed by atoms with Crippen LogP contribution in [0.25, 0.3) is 33.4 Å². The third-order valence-corrected chi connectivity index (χ3v) is 18.1. The predicted octanol–water partition coefficient (Wildman–Crippen LogP) is 12.1. The molecular formula is C78H64Cl4F4N2O26. The maximum Gasteiger partial charge on any atom is 0.343 e. The standard InChI is InChI=1S/C36H33F2NO12.C36H31F2NO12.C6Cl4O2/c2*1-45-33(42)17-39(18-34(43)46-2)25-9-8-20(12-32(25)49-11-10-48-28-6-4-5-7-29(28)50-19-35(44)47-3)36-21-13-23(37)26(40)15-30(21)51-31-16-27(41)24(38)14-22(31)36;7-1-2(8)6(12)4(10)3(9)5(1)11/h4-9,12-16,36,40-41H,10-11,17-19H2,1-3H3;4-9,12-16,40H,10-11,17-19H2,1-3H3;. The number of allylic oxidation sites excluding steroid dienone is 4. The molecule has 11 rings (SSSR count). The fraction of sp³-hybridized carbons (Fsp3) is 0.218. The molecule has 598 valence electrons. The molecule has 7 aromatic carbocycles. The minimum atomic E-state index is -1.08. The first-order chi connectivity index (χ1) is 54.5. The molecule has 2 heterocycles. The van der Waals surface area contributed by atoms with Crippen LogP contribution in [0.2, 0.25) is 0 Å². The van der Waals surface area contributed by atoms with Gasteiger partial charge in [0.2, 0.25) is 17.0 Å². The van der Waals surface area contributed by atoms with Gasteiger partial charge in [-0.2, -0.15) is 0 Å². The third kappa shape index (κ3) is 20.7. The van der Waals surface area contributed by atoms with E-state index in [2.05, 4.69) is 9.47 Å². The fourth-order valence-electron chi connectivity index (χ4n) is 11.0. The van der Waals surface area contributed by atoms with Crippen LogP contribution in [-0.2, 0) is 66.8 Å². The van der Waals surface area contributed by atoms with Gasteiger partial charge in [-0.05, 0) is 83.9 Å². The molecular weight excluding hydrogens is 1600 g/mol. The third-order valence-electron chi connectivity index (χ3n) is 16.5. The number of para-hydroxylation sites is 4. The van der Waals surface area contributed by atoms with E-state index < -0.39 is 119 Å². The normalized spacial score (nSPS) is 12.1. The van der Waals surface area contributed by atoms with Crippen molar-refractivity contribution in [1.29, 1.82) is 0 Å². The Kier molecular flexibility index (Phi) is 29.2. The van der Waals surface area contributed by atoms with Crippen LogP contribution in [0.4, 0.5) is 28.9 Å². The number of phenols is 3. The highest BCUT2D eigenvalue weighted by Crippen LogP contribution is 2.52. The van der Waals surface area contributed by atoms with Crippen molar-refractivity contribution in [1.82, 2.24) is 0 Å². The number of benzene rings is 8. The van der Waals surface area contributed by atoms with Crippen molar-refractivity contribution in [2.75, 3.05) is 118 Å². The minimum absolute atomic E-state index is 0.00607. The highest BCUT2D eigenvalue weighted by Gasteiger charge is 2.35. The lowest BCUT2D eigenvalue weighted by molar-refractivity contribution is -0.143. The van der Waals surface area contributed by atoms with E-state index in [4.69, 9.17) is 103 Å². The quantitative estimate of drug-likeness (QED) is 0.0102. The summed E-state index contributed by atoms with van der Waals surface area (Å²) in [6.45, 7) is -2.54. The average Bonchev–Trinajstić information content (AvgIpc) is 0.749. The Labute approximate surface area is 663 Å². The monoisotopic (exact) mass is 1660 g/mol. The number of Topliss-reactive ketones (excluding diaryl/α,β-unsaturated/α-hetero) is 2. The highest BCUT2D eigenvalue weighted by molar-refractivity contribution is 6.69. The van der Waals surface area contributed by atoms with Gasteiger partial charge in [0.15, 0.2) is 76.7 Å². The zero-order chi connectivity index (χ0) is 82.8. The molecule has 2 aliphatic carbocycles. The number of phenolic OH excluding ortho intramolecular Hbond substituents is 3. The molecule has 2 aliphatic heterocycles. The van der Waals surface area contributed by atoms with Gasteiger partial charge in [0.1, 0.15) is 107 Å². The van der Waals surface area contributed by atoms with E-state index >= 15 is 0 Å². The second kappa shape index (κ2) is 39.0. The van der Waals surface area contributed by atoms with Crippen LogP contribution in [0.5, 0.6) is 63.2 Å². The molecule has 28 nitrogen and oxygen atoms in total. The molecule has 7 aromatic rings. The molecule has 0 radical (unpaired) electrons. The van der Waals surface area contributed by atoms with Crippen molar-refractivity contribution in [3.8, 4) is 85.7 Å². The van der Waals surface area contributed by atoms with Crippen LogP contribution in [0.1, 0.15) is 22.6 Å². The van der Waals surface area contributed by atoms with Crippen LogP contribution >= 0.6 is 46.4 Å². The maximum absolute atomic E-state index is 14.8. The van der Waals surface area contributed by atoms with Gasteiger partial charge in [-0.15, -0.1) is 0 Å². The number of rotatable bonds is 28. The van der Waals surface area contributed by atoms with E-state index in [0.717, 1.165) is 48.5 Å². The summed E-state index contributed by atoms with van der Waals surface area (Å²) in [6, 6.07) is 30.7. The Hall–Kier alpha value is -12.7. The van der Waals surface area contributed by atoms with Crippen LogP contribution in [0, 0.1) is 23.3 Å². The lowest BCUT2D eigenvalue weighted by atomic mass is 9.82. The smallest absolute Gasteiger partial charge is 0.343 e. The van der Waals surface area contributed by atoms with E-state index in [0.29, 0.717) is 22.6 Å². The number of carbonyl (C=O) groups is 8. The van der Waals surface area contributed by atoms with Gasteiger partial charge < -0.3 is 91.1 Å². The lowest BCUT2D eigenvalue weighted by Crippen LogP contribution is -2.36. The second-order valence-corrected chi connectivity index (χ2v) is 25.1. The van der Waals surface area contributed by atoms with Crippen molar-refractivity contribution in [2.24, 2.45) is 0 Å². The van der Waals surface area contributed by atoms with E-state index in [1.54, 1.807) is 72.8 Å². The molecule has 36 heteroatoms. The number of halogens is 8. The fourth-order valence-corrected chi connectivity index (χ4v) is 11.9. The lowest BCUT2D eigenvalue weighted by Gasteiger charge is -2.30. The van der Waals surface area contributed by atoms with Crippen LogP contribution in [0.15, 0.2) is 163 Å². The molecule has 0 fully saturated rings. The summed E-state index contributed by atoms with van der Waals surface area (Å²) in [5, 5.41) is 28.8. The Balaban J connectivity index is 0.000000227. The summed E-state index contributed by atoms with van der Waals surface area (Å²) in [7, 11) is 7.22. The molecule has 114 heavy (non-hydrogen) atoms. The molecule has 0 saturated heterocycles. The van der Waals surface area contributed by atoms with Crippen molar-refractivity contribution in [2.45, 2.75) is 5.92 Å². The molecule has 0 saturated carbocycles. The number of ether oxygens (including phenoxy) is 13. The van der Waals surface area contributed by atoms with E-state index in [1.165, 1.54) is 64.6 Å². The number of nitrogens with zero attached hydrogens (tertiary/aromatic N) is 2. The summed E-state index contributed by atoms with van der Waals surface area (Å²) in [5.74, 6) is -10.8. The van der Waals surface area contributed by atoms with Gasteiger partial charge in [-0.3, -0.25) is 33.6 Å². The van der Waals surface area contributed by atoms with Crippen LogP contribution < -0.4 is 48.4 Å². The Bertz CT molecular complexity index is 5140. The number of ketones is 2. The average molecular weight is 1660 g/mol. The zero-order valence-corrected chi connectivity index (χ0v) is 63.5. The van der Waals surface area contributed by atoms with E-state index in [9.17, 15) is 76.0 Å². The minimum Gasteiger partial charge on any atom is -0.505 e. The molecule has 0 bridgehead atoms. The Morgan fingerprint density at radius 1 is 0.421 bits per heavy atom. The number of fused-ring (bicyclic) bond motifs is 4. The van der Waals surface area contributed by atoms with E-state index in [1.807, 2.05) is 0 Å². The number of esters is 6. The van der Waals surface area contributed by atoms with Gasteiger partial charge in [0.25, 0.3) is 0 Å². The first kappa shape index (κ1) is 85.4. The van der Waals surface area contributed by atoms with Gasteiger partial charge >= 0.3 is 35.8 Å². The Morgan fingerprint density at radius 2 is 0.798 bits per heavy atom. The molecule has 0 aromatic heterocycles. The molecule has 0 spiro atoms. The summed E-state index contributed by atoms with van der Waals surface area (Å²) in [6.07, 6.45) is 0. The maximum atomic E-state index is 14.8. The van der Waals surface area contributed by atoms with Crippen LogP contribution in [-0.4, -0.2) is 171 Å². The molecule has 4 aliphatic rings. The largest absolute Gasteiger partial charge is 0.505 e. The molecule has 0 atom stereocenters. The first-order valence-corrected chi connectivity index (χ1v) is 34.7. The SMILES string of the molecule is COC(=O)COc1ccccc1OCCOc1cc(-c2c3cc(F)c(=O)cc-3oc3cc(O)c(F)cc23)ccc1N(CC(=O)OC)CC(=O)OC.COC(=O)COc1ccccc1OCCOc1cc(C2c3cc(F)c(O)cc3Oc3cc(O)c(F)cc32)ccc1N(CC(=O)OC)CC(=O)OC.O=C1C(Cl)=C(Cl)C(=O)C(Cl)=C1Cl. The highest BCUT2D eigenvalue weighted by atomic mass is 35.5. The number of methoxy groups -OCH3 is 6. The summed E-state index contributed by atoms with van der Waals surface area (Å²) in [5.41, 5.74) is 1.09. The first-order valence-electron chi connectivity index (χ1n) is 33.2. The number of carbonyl (C=O) groups excluding carboxylic acids is 8. The summed E-state index contributed by atoms with van der Waals surface area (Å²) < 4.78 is 134. The Morgan fingerprint density at radius 3 is 1.22 bits per heavy atom. The summed E-state index contributed by atoms with van der Waals surface area (Å²) >= 11 is 21.5. The number of hydrogen-bond acceptors (Lipinski definition) is 28. The summed E-state index contributed by atoms with van der Waals surface area (Å²) in [4.78, 5) is 110. The number of anilines is 2. The number of hydrogen-bond donors (Lipinski definition) is 3.